The Hall–Kier alpha value is -1.82. The Morgan fingerprint density at radius 2 is 1.92 bits per heavy atom. The van der Waals surface area contributed by atoms with Crippen LogP contribution >= 0.6 is 11.8 Å². The minimum atomic E-state index is 0.747. The first-order chi connectivity index (χ1) is 12.3. The van der Waals surface area contributed by atoms with E-state index in [1.54, 1.807) is 4.68 Å². The summed E-state index contributed by atoms with van der Waals surface area (Å²) in [4.78, 5) is 0. The molecule has 0 N–H and O–H groups in total. The van der Waals surface area contributed by atoms with E-state index in [0.29, 0.717) is 0 Å². The average Bonchev–Trinajstić information content (AvgIpc) is 3.05. The van der Waals surface area contributed by atoms with Gasteiger partial charge in [-0.25, -0.2) is 0 Å². The molecule has 0 aliphatic heterocycles. The summed E-state index contributed by atoms with van der Waals surface area (Å²) in [6.07, 6.45) is 10.8. The molecule has 0 saturated carbocycles. The lowest BCUT2D eigenvalue weighted by Crippen LogP contribution is -2.02. The number of nitrogens with zero attached hydrogens (tertiary/aromatic N) is 4. The molecular formula is C19H28N4OS. The van der Waals surface area contributed by atoms with Gasteiger partial charge in [-0.05, 0) is 24.8 Å². The number of ether oxygens (including phenoxy) is 1. The van der Waals surface area contributed by atoms with Gasteiger partial charge in [0.25, 0.3) is 0 Å². The largest absolute Gasteiger partial charge is 0.493 e. The second kappa shape index (κ2) is 10.9. The molecule has 0 amide bonds. The monoisotopic (exact) mass is 360 g/mol. The summed E-state index contributed by atoms with van der Waals surface area (Å²) < 4.78 is 7.76. The zero-order valence-corrected chi connectivity index (χ0v) is 16.3. The van der Waals surface area contributed by atoms with Gasteiger partial charge in [-0.1, -0.05) is 63.4 Å². The topological polar surface area (TPSA) is 52.3 Å². The van der Waals surface area contributed by atoms with Crippen LogP contribution in [0.2, 0.25) is 0 Å². The fraction of sp³-hybridized carbons (Fsp3) is 0.526. The Bertz CT molecular complexity index is 648. The second-order valence-corrected chi connectivity index (χ2v) is 6.59. The Labute approximate surface area is 154 Å². The third kappa shape index (κ3) is 5.88. The van der Waals surface area contributed by atoms with E-state index in [0.717, 1.165) is 41.7 Å². The summed E-state index contributed by atoms with van der Waals surface area (Å²) in [5.74, 6) is 1.73. The third-order valence-electron chi connectivity index (χ3n) is 3.91. The molecule has 0 fully saturated rings. The van der Waals surface area contributed by atoms with Gasteiger partial charge in [0.1, 0.15) is 5.75 Å². The number of rotatable bonds is 11. The zero-order valence-electron chi connectivity index (χ0n) is 15.4. The Kier molecular flexibility index (Phi) is 8.52. The second-order valence-electron chi connectivity index (χ2n) is 5.81. The lowest BCUT2D eigenvalue weighted by molar-refractivity contribution is 0.304. The summed E-state index contributed by atoms with van der Waals surface area (Å²) in [7, 11) is 0. The molecule has 0 aliphatic rings. The van der Waals surface area contributed by atoms with Crippen LogP contribution in [0, 0.1) is 0 Å². The molecule has 1 aromatic carbocycles. The molecule has 136 valence electrons. The number of aryl methyl sites for hydroxylation is 1. The van der Waals surface area contributed by atoms with Gasteiger partial charge >= 0.3 is 0 Å². The van der Waals surface area contributed by atoms with Crippen LogP contribution in [0.25, 0.3) is 0 Å². The SMILES string of the molecule is CCCCCCCOc1ccccc1/C=N\n1c(CC)nnc1SC. The van der Waals surface area contributed by atoms with Crippen LogP contribution in [0.5, 0.6) is 5.75 Å². The van der Waals surface area contributed by atoms with Crippen molar-refractivity contribution in [3.63, 3.8) is 0 Å². The predicted molar refractivity (Wildman–Crippen MR) is 105 cm³/mol. The standard InChI is InChI=1S/C19H28N4OS/c1-4-6-7-8-11-14-24-17-13-10-9-12-16(17)15-20-23-18(5-2)21-22-19(23)25-3/h9-10,12-13,15H,4-8,11,14H2,1-3H3/b20-15-. The zero-order chi connectivity index (χ0) is 17.9. The molecule has 0 unspecified atom stereocenters. The smallest absolute Gasteiger partial charge is 0.211 e. The number of benzene rings is 1. The van der Waals surface area contributed by atoms with Crippen LogP contribution in [-0.2, 0) is 6.42 Å². The summed E-state index contributed by atoms with van der Waals surface area (Å²) in [5.41, 5.74) is 0.971. The minimum absolute atomic E-state index is 0.747. The molecule has 0 saturated heterocycles. The molecule has 0 atom stereocenters. The maximum Gasteiger partial charge on any atom is 0.211 e. The van der Waals surface area contributed by atoms with Crippen LogP contribution in [0.3, 0.4) is 0 Å². The summed E-state index contributed by atoms with van der Waals surface area (Å²) in [6, 6.07) is 8.01. The highest BCUT2D eigenvalue weighted by molar-refractivity contribution is 7.98. The average molecular weight is 361 g/mol. The Balaban J connectivity index is 2.01. The van der Waals surface area contributed by atoms with E-state index in [4.69, 9.17) is 4.74 Å². The molecule has 0 bridgehead atoms. The van der Waals surface area contributed by atoms with Crippen LogP contribution < -0.4 is 4.74 Å². The third-order valence-corrected chi connectivity index (χ3v) is 4.53. The first-order valence-electron chi connectivity index (χ1n) is 9.04. The highest BCUT2D eigenvalue weighted by Crippen LogP contribution is 2.18. The molecule has 5 nitrogen and oxygen atoms in total. The fourth-order valence-electron chi connectivity index (χ4n) is 2.49. The van der Waals surface area contributed by atoms with Gasteiger partial charge in [0.2, 0.25) is 5.16 Å². The van der Waals surface area contributed by atoms with Gasteiger partial charge in [0.05, 0.1) is 12.8 Å². The van der Waals surface area contributed by atoms with E-state index in [1.807, 2.05) is 36.7 Å². The molecule has 0 spiro atoms. The highest BCUT2D eigenvalue weighted by atomic mass is 32.2. The van der Waals surface area contributed by atoms with E-state index in [2.05, 4.69) is 29.1 Å². The molecule has 6 heteroatoms. The summed E-state index contributed by atoms with van der Waals surface area (Å²) >= 11 is 1.54. The van der Waals surface area contributed by atoms with Crippen molar-refractivity contribution in [3.8, 4) is 5.75 Å². The summed E-state index contributed by atoms with van der Waals surface area (Å²) in [5, 5.41) is 13.7. The van der Waals surface area contributed by atoms with Gasteiger partial charge in [0.15, 0.2) is 5.82 Å². The quantitative estimate of drug-likeness (QED) is 0.328. The highest BCUT2D eigenvalue weighted by Gasteiger charge is 2.08. The fourth-order valence-corrected chi connectivity index (χ4v) is 2.93. The van der Waals surface area contributed by atoms with Crippen molar-refractivity contribution in [2.75, 3.05) is 12.9 Å². The molecule has 1 aromatic heterocycles. The van der Waals surface area contributed by atoms with Gasteiger partial charge < -0.3 is 4.74 Å². The van der Waals surface area contributed by atoms with Crippen molar-refractivity contribution in [3.05, 3.63) is 35.7 Å². The lowest BCUT2D eigenvalue weighted by atomic mass is 10.2. The van der Waals surface area contributed by atoms with Crippen molar-refractivity contribution in [1.82, 2.24) is 14.9 Å². The van der Waals surface area contributed by atoms with Gasteiger partial charge in [-0.15, -0.1) is 10.2 Å². The van der Waals surface area contributed by atoms with Crippen molar-refractivity contribution in [1.29, 1.82) is 0 Å². The number of thioether (sulfide) groups is 1. The molecule has 0 radical (unpaired) electrons. The Morgan fingerprint density at radius 1 is 1.12 bits per heavy atom. The van der Waals surface area contributed by atoms with E-state index >= 15 is 0 Å². The normalized spacial score (nSPS) is 11.3. The molecule has 1 heterocycles. The van der Waals surface area contributed by atoms with Crippen LogP contribution in [-0.4, -0.2) is 34.0 Å². The minimum Gasteiger partial charge on any atom is -0.493 e. The van der Waals surface area contributed by atoms with Crippen LogP contribution in [0.1, 0.15) is 57.3 Å². The number of aromatic nitrogens is 3. The molecular weight excluding hydrogens is 332 g/mol. The Morgan fingerprint density at radius 3 is 2.68 bits per heavy atom. The first kappa shape index (κ1) is 19.5. The number of hydrogen-bond donors (Lipinski definition) is 0. The van der Waals surface area contributed by atoms with Crippen LogP contribution in [0.15, 0.2) is 34.5 Å². The van der Waals surface area contributed by atoms with Gasteiger partial charge in [-0.3, -0.25) is 0 Å². The maximum atomic E-state index is 5.96. The van der Waals surface area contributed by atoms with Crippen LogP contribution in [0.4, 0.5) is 0 Å². The molecule has 0 aliphatic carbocycles. The van der Waals surface area contributed by atoms with Crippen molar-refractivity contribution < 1.29 is 4.74 Å². The first-order valence-corrected chi connectivity index (χ1v) is 10.3. The number of para-hydroxylation sites is 1. The van der Waals surface area contributed by atoms with Crippen molar-refractivity contribution in [2.24, 2.45) is 5.10 Å². The molecule has 2 rings (SSSR count). The van der Waals surface area contributed by atoms with E-state index < -0.39 is 0 Å². The van der Waals surface area contributed by atoms with Gasteiger partial charge in [0, 0.05) is 12.0 Å². The predicted octanol–water partition coefficient (Wildman–Crippen LogP) is 4.79. The lowest BCUT2D eigenvalue weighted by Gasteiger charge is -2.09. The summed E-state index contributed by atoms with van der Waals surface area (Å²) in [6.45, 7) is 5.03. The van der Waals surface area contributed by atoms with Crippen molar-refractivity contribution in [2.45, 2.75) is 57.5 Å². The van der Waals surface area contributed by atoms with Crippen molar-refractivity contribution >= 4 is 18.0 Å². The van der Waals surface area contributed by atoms with Gasteiger partial charge in [-0.2, -0.15) is 9.78 Å². The number of unbranched alkanes of at least 4 members (excludes halogenated alkanes) is 4. The molecule has 25 heavy (non-hydrogen) atoms. The maximum absolute atomic E-state index is 5.96. The van der Waals surface area contributed by atoms with E-state index in [-0.39, 0.29) is 0 Å². The van der Waals surface area contributed by atoms with E-state index in [1.165, 1.54) is 37.4 Å². The number of hydrogen-bond acceptors (Lipinski definition) is 5. The molecule has 2 aromatic rings. The van der Waals surface area contributed by atoms with E-state index in [9.17, 15) is 0 Å².